The minimum Gasteiger partial charge on any atom is -0.381 e. The molecule has 1 aliphatic rings. The van der Waals surface area contributed by atoms with Gasteiger partial charge in [0.25, 0.3) is 0 Å². The molecule has 8 heteroatoms. The van der Waals surface area contributed by atoms with Crippen LogP contribution in [0.3, 0.4) is 0 Å². The quantitative estimate of drug-likeness (QED) is 0.617. The molecule has 0 spiro atoms. The van der Waals surface area contributed by atoms with Gasteiger partial charge < -0.3 is 15.0 Å². The Morgan fingerprint density at radius 1 is 1.40 bits per heavy atom. The second kappa shape index (κ2) is 8.38. The molecule has 0 amide bonds. The van der Waals surface area contributed by atoms with Gasteiger partial charge in [0.05, 0.1) is 4.75 Å². The van der Waals surface area contributed by atoms with Crippen LogP contribution in [0.25, 0.3) is 0 Å². The number of nitrogens with zero attached hydrogens (tertiary/aromatic N) is 2. The predicted octanol–water partition coefficient (Wildman–Crippen LogP) is 1.94. The van der Waals surface area contributed by atoms with Gasteiger partial charge in [-0.15, -0.1) is 0 Å². The lowest BCUT2D eigenvalue weighted by atomic mass is 9.99. The van der Waals surface area contributed by atoms with Crippen LogP contribution >= 0.6 is 11.6 Å². The van der Waals surface area contributed by atoms with Crippen LogP contribution in [0.15, 0.2) is 29.3 Å². The number of guanidine groups is 1. The van der Waals surface area contributed by atoms with Crippen LogP contribution in [0, 0.1) is 0 Å². The first-order valence-electron chi connectivity index (χ1n) is 8.21. The van der Waals surface area contributed by atoms with Crippen LogP contribution in [0.5, 0.6) is 0 Å². The fourth-order valence-corrected chi connectivity index (χ4v) is 4.49. The lowest BCUT2D eigenvalue weighted by Gasteiger charge is -2.36. The van der Waals surface area contributed by atoms with E-state index in [2.05, 4.69) is 10.3 Å². The summed E-state index contributed by atoms with van der Waals surface area (Å²) in [7, 11) is 0.383. The van der Waals surface area contributed by atoms with Crippen molar-refractivity contribution in [3.63, 3.8) is 0 Å². The molecule has 0 bridgehead atoms. The van der Waals surface area contributed by atoms with E-state index < -0.39 is 14.6 Å². The predicted molar refractivity (Wildman–Crippen MR) is 102 cm³/mol. The maximum Gasteiger partial charge on any atom is 0.193 e. The molecule has 1 aliphatic heterocycles. The minimum absolute atomic E-state index is 0.321. The fraction of sp³-hybridized carbons (Fsp3) is 0.588. The number of rotatable bonds is 5. The van der Waals surface area contributed by atoms with Gasteiger partial charge in [-0.25, -0.2) is 8.42 Å². The van der Waals surface area contributed by atoms with E-state index in [1.165, 1.54) is 6.26 Å². The SMILES string of the molecule is CN=C(NCC1(S(C)(=O)=O)CCOCC1)N(C)Cc1cccc(Cl)c1. The summed E-state index contributed by atoms with van der Waals surface area (Å²) in [5.74, 6) is 0.648. The number of ether oxygens (including phenoxy) is 1. The summed E-state index contributed by atoms with van der Waals surface area (Å²) in [5, 5.41) is 3.92. The summed E-state index contributed by atoms with van der Waals surface area (Å²) < 4.78 is 29.2. The number of hydrogen-bond acceptors (Lipinski definition) is 4. The molecule has 0 saturated carbocycles. The molecule has 0 radical (unpaired) electrons. The van der Waals surface area contributed by atoms with E-state index in [0.29, 0.717) is 50.1 Å². The van der Waals surface area contributed by atoms with Crippen molar-refractivity contribution in [2.24, 2.45) is 4.99 Å². The van der Waals surface area contributed by atoms with Gasteiger partial charge in [-0.05, 0) is 30.5 Å². The Balaban J connectivity index is 2.05. The molecule has 0 unspecified atom stereocenters. The number of benzene rings is 1. The smallest absolute Gasteiger partial charge is 0.193 e. The highest BCUT2D eigenvalue weighted by atomic mass is 35.5. The molecule has 0 atom stereocenters. The molecule has 140 valence electrons. The van der Waals surface area contributed by atoms with Crippen LogP contribution in [0.1, 0.15) is 18.4 Å². The maximum atomic E-state index is 12.3. The van der Waals surface area contributed by atoms with Gasteiger partial charge in [-0.3, -0.25) is 4.99 Å². The zero-order chi connectivity index (χ0) is 18.5. The van der Waals surface area contributed by atoms with Gasteiger partial charge in [0.2, 0.25) is 0 Å². The molecule has 1 fully saturated rings. The van der Waals surface area contributed by atoms with E-state index in [0.717, 1.165) is 5.56 Å². The van der Waals surface area contributed by atoms with E-state index in [1.807, 2.05) is 36.2 Å². The molecule has 1 saturated heterocycles. The lowest BCUT2D eigenvalue weighted by molar-refractivity contribution is 0.0755. The largest absolute Gasteiger partial charge is 0.381 e. The third-order valence-corrected chi connectivity index (χ3v) is 7.00. The average molecular weight is 388 g/mol. The molecular formula is C17H26ClN3O3S. The Morgan fingerprint density at radius 3 is 2.64 bits per heavy atom. The molecule has 0 aliphatic carbocycles. The van der Waals surface area contributed by atoms with Gasteiger partial charge in [0, 0.05) is 51.7 Å². The second-order valence-corrected chi connectivity index (χ2v) is 9.30. The molecule has 6 nitrogen and oxygen atoms in total. The first-order chi connectivity index (χ1) is 11.8. The average Bonchev–Trinajstić information content (AvgIpc) is 2.55. The highest BCUT2D eigenvalue weighted by molar-refractivity contribution is 7.92. The summed E-state index contributed by atoms with van der Waals surface area (Å²) in [5.41, 5.74) is 1.06. The number of halogens is 1. The van der Waals surface area contributed by atoms with E-state index in [9.17, 15) is 8.42 Å². The lowest BCUT2D eigenvalue weighted by Crippen LogP contribution is -2.53. The third kappa shape index (κ3) is 5.09. The molecular weight excluding hydrogens is 362 g/mol. The van der Waals surface area contributed by atoms with Crippen molar-refractivity contribution in [1.82, 2.24) is 10.2 Å². The zero-order valence-corrected chi connectivity index (χ0v) is 16.5. The van der Waals surface area contributed by atoms with E-state index in [1.54, 1.807) is 7.05 Å². The summed E-state index contributed by atoms with van der Waals surface area (Å²) in [6, 6.07) is 7.63. The van der Waals surface area contributed by atoms with Crippen molar-refractivity contribution in [3.8, 4) is 0 Å². The summed E-state index contributed by atoms with van der Waals surface area (Å²) >= 11 is 6.03. The Kier molecular flexibility index (Phi) is 6.71. The van der Waals surface area contributed by atoms with E-state index >= 15 is 0 Å². The number of nitrogens with one attached hydrogen (secondary N) is 1. The monoisotopic (exact) mass is 387 g/mol. The van der Waals surface area contributed by atoms with Gasteiger partial charge >= 0.3 is 0 Å². The fourth-order valence-electron chi connectivity index (χ4n) is 3.03. The normalized spacial score (nSPS) is 18.0. The molecule has 25 heavy (non-hydrogen) atoms. The third-order valence-electron chi connectivity index (χ3n) is 4.64. The Morgan fingerprint density at radius 2 is 2.08 bits per heavy atom. The van der Waals surface area contributed by atoms with Gasteiger partial charge in [0.1, 0.15) is 0 Å². The summed E-state index contributed by atoms with van der Waals surface area (Å²) in [6.45, 7) is 1.87. The van der Waals surface area contributed by atoms with Crippen LogP contribution in [0.4, 0.5) is 0 Å². The Bertz CT molecular complexity index is 716. The second-order valence-electron chi connectivity index (χ2n) is 6.45. The molecule has 1 aromatic carbocycles. The number of aliphatic imine (C=N–C) groups is 1. The van der Waals surface area contributed by atoms with Crippen LogP contribution in [0.2, 0.25) is 5.02 Å². The topological polar surface area (TPSA) is 71.0 Å². The first kappa shape index (κ1) is 20.0. The van der Waals surface area contributed by atoms with Crippen molar-refractivity contribution >= 4 is 27.4 Å². The van der Waals surface area contributed by atoms with Crippen molar-refractivity contribution in [2.45, 2.75) is 24.1 Å². The van der Waals surface area contributed by atoms with Gasteiger partial charge in [-0.2, -0.15) is 0 Å². The van der Waals surface area contributed by atoms with Gasteiger partial charge in [-0.1, -0.05) is 23.7 Å². The van der Waals surface area contributed by atoms with Gasteiger partial charge in [0.15, 0.2) is 15.8 Å². The zero-order valence-electron chi connectivity index (χ0n) is 15.0. The number of hydrogen-bond donors (Lipinski definition) is 1. The molecule has 1 N–H and O–H groups in total. The first-order valence-corrected chi connectivity index (χ1v) is 10.5. The molecule has 1 heterocycles. The Hall–Kier alpha value is -1.31. The van der Waals surface area contributed by atoms with Crippen LogP contribution in [-0.2, 0) is 21.1 Å². The van der Waals surface area contributed by atoms with Crippen LogP contribution < -0.4 is 5.32 Å². The summed E-state index contributed by atoms with van der Waals surface area (Å²) in [4.78, 5) is 6.22. The molecule has 2 rings (SSSR count). The maximum absolute atomic E-state index is 12.3. The van der Waals surface area contributed by atoms with Crippen LogP contribution in [-0.4, -0.2) is 64.1 Å². The highest BCUT2D eigenvalue weighted by Gasteiger charge is 2.42. The Labute approximate surface area is 155 Å². The molecule has 1 aromatic rings. The highest BCUT2D eigenvalue weighted by Crippen LogP contribution is 2.28. The molecule has 0 aromatic heterocycles. The summed E-state index contributed by atoms with van der Waals surface area (Å²) in [6.07, 6.45) is 2.29. The number of sulfone groups is 1. The van der Waals surface area contributed by atoms with Crippen molar-refractivity contribution < 1.29 is 13.2 Å². The standard InChI is InChI=1S/C17H26ClN3O3S/c1-19-16(21(2)12-14-5-4-6-15(18)11-14)20-13-17(25(3,22)23)7-9-24-10-8-17/h4-6,11H,7-10,12-13H2,1-3H3,(H,19,20). The van der Waals surface area contributed by atoms with Crippen molar-refractivity contribution in [1.29, 1.82) is 0 Å². The van der Waals surface area contributed by atoms with E-state index in [-0.39, 0.29) is 0 Å². The van der Waals surface area contributed by atoms with Crippen molar-refractivity contribution in [3.05, 3.63) is 34.9 Å². The van der Waals surface area contributed by atoms with E-state index in [4.69, 9.17) is 16.3 Å². The van der Waals surface area contributed by atoms with Crippen molar-refractivity contribution in [2.75, 3.05) is 40.1 Å². The minimum atomic E-state index is -3.22.